The molecule has 1 atom stereocenters. The highest BCUT2D eigenvalue weighted by Crippen LogP contribution is 2.35. The molecule has 0 spiro atoms. The number of hydrogen-bond donors (Lipinski definition) is 2. The van der Waals surface area contributed by atoms with E-state index in [-0.39, 0.29) is 27.0 Å². The van der Waals surface area contributed by atoms with Crippen LogP contribution in [0.4, 0.5) is 8.78 Å². The minimum atomic E-state index is -3.70. The van der Waals surface area contributed by atoms with Crippen molar-refractivity contribution in [1.29, 1.82) is 0 Å². The molecule has 4 rings (SSSR count). The number of hydrogen-bond acceptors (Lipinski definition) is 6. The molecule has 1 aromatic heterocycles. The van der Waals surface area contributed by atoms with Crippen LogP contribution in [0.25, 0.3) is 10.9 Å². The zero-order valence-electron chi connectivity index (χ0n) is 19.7. The molecular weight excluding hydrogens is 545 g/mol. The van der Waals surface area contributed by atoms with Gasteiger partial charge in [0, 0.05) is 10.9 Å². The Morgan fingerprint density at radius 2 is 1.81 bits per heavy atom. The maximum absolute atomic E-state index is 15.7. The number of halogens is 4. The van der Waals surface area contributed by atoms with Crippen molar-refractivity contribution < 1.29 is 17.7 Å². The predicted molar refractivity (Wildman–Crippen MR) is 141 cm³/mol. The molecule has 1 unspecified atom stereocenters. The third kappa shape index (κ3) is 5.12. The van der Waals surface area contributed by atoms with Gasteiger partial charge >= 0.3 is 5.92 Å². The Balaban J connectivity index is 1.72. The smallest absolute Gasteiger partial charge is 0.332 e. The Morgan fingerprint density at radius 3 is 2.41 bits per heavy atom. The maximum atomic E-state index is 15.7. The summed E-state index contributed by atoms with van der Waals surface area (Å²) in [5, 5.41) is 9.21. The molecule has 0 saturated carbocycles. The molecule has 4 aromatic rings. The molecule has 0 saturated heterocycles. The summed E-state index contributed by atoms with van der Waals surface area (Å²) in [4.78, 5) is 0.115. The van der Waals surface area contributed by atoms with Crippen LogP contribution in [0.2, 0.25) is 10.0 Å². The minimum Gasteiger partial charge on any atom is -0.497 e. The number of hydrazone groups is 1. The summed E-state index contributed by atoms with van der Waals surface area (Å²) in [6, 6.07) is 15.3. The molecule has 13 heteroatoms. The number of hydrazine groups is 1. The molecule has 0 amide bonds. The number of alkyl halides is 2. The van der Waals surface area contributed by atoms with E-state index < -0.39 is 28.3 Å². The third-order valence-electron chi connectivity index (χ3n) is 5.63. The van der Waals surface area contributed by atoms with Gasteiger partial charge in [-0.15, -0.1) is 0 Å². The van der Waals surface area contributed by atoms with Gasteiger partial charge in [-0.1, -0.05) is 53.5 Å². The molecule has 0 aliphatic heterocycles. The van der Waals surface area contributed by atoms with Crippen LogP contribution in [0.15, 0.2) is 70.7 Å². The van der Waals surface area contributed by atoms with E-state index in [0.29, 0.717) is 22.4 Å². The summed E-state index contributed by atoms with van der Waals surface area (Å²) in [7, 11) is -0.492. The van der Waals surface area contributed by atoms with Crippen LogP contribution in [0.5, 0.6) is 5.75 Å². The van der Waals surface area contributed by atoms with Crippen LogP contribution < -0.4 is 16.4 Å². The maximum Gasteiger partial charge on any atom is 0.332 e. The Hall–Kier alpha value is -3.25. The molecule has 1 heterocycles. The third-order valence-corrected chi connectivity index (χ3v) is 7.87. The van der Waals surface area contributed by atoms with Gasteiger partial charge in [0.25, 0.3) is 0 Å². The van der Waals surface area contributed by atoms with E-state index in [1.165, 1.54) is 37.4 Å². The molecule has 0 fully saturated rings. The average molecular weight is 567 g/mol. The minimum absolute atomic E-state index is 0.0933. The normalized spacial score (nSPS) is 13.1. The largest absolute Gasteiger partial charge is 0.497 e. The zero-order valence-corrected chi connectivity index (χ0v) is 22.0. The van der Waals surface area contributed by atoms with E-state index in [4.69, 9.17) is 39.6 Å². The lowest BCUT2D eigenvalue weighted by atomic mass is 10.0. The van der Waals surface area contributed by atoms with Crippen LogP contribution in [0.3, 0.4) is 0 Å². The van der Waals surface area contributed by atoms with Crippen LogP contribution >= 0.6 is 23.2 Å². The lowest BCUT2D eigenvalue weighted by molar-refractivity contribution is 0.0584. The van der Waals surface area contributed by atoms with Crippen molar-refractivity contribution in [3.05, 3.63) is 87.5 Å². The summed E-state index contributed by atoms with van der Waals surface area (Å²) in [6.07, 6.45) is 0. The number of benzene rings is 3. The van der Waals surface area contributed by atoms with E-state index in [2.05, 4.69) is 10.2 Å². The van der Waals surface area contributed by atoms with E-state index in [0.717, 1.165) is 9.10 Å². The molecule has 0 aliphatic carbocycles. The number of aryl methyl sites for hydroxylation is 1. The van der Waals surface area contributed by atoms with Gasteiger partial charge in [0.2, 0.25) is 5.84 Å². The van der Waals surface area contributed by atoms with Gasteiger partial charge in [0.05, 0.1) is 39.8 Å². The van der Waals surface area contributed by atoms with Crippen molar-refractivity contribution in [1.82, 2.24) is 14.2 Å². The second-order valence-electron chi connectivity index (χ2n) is 7.99. The predicted octanol–water partition coefficient (Wildman–Crippen LogP) is 4.97. The number of nitrogens with two attached hydrogens (primary N) is 2. The van der Waals surface area contributed by atoms with E-state index >= 15 is 8.78 Å². The molecule has 0 aliphatic rings. The van der Waals surface area contributed by atoms with Gasteiger partial charge in [0.1, 0.15) is 5.75 Å². The van der Waals surface area contributed by atoms with Gasteiger partial charge in [-0.25, -0.2) is 10.1 Å². The Labute approximate surface area is 223 Å². The first-order chi connectivity index (χ1) is 17.6. The van der Waals surface area contributed by atoms with Crippen molar-refractivity contribution in [2.24, 2.45) is 16.8 Å². The SMILES string of the molecule is COc1ccc(CN(N)/C(=N\N)C(F)(F)c2ccc3c(C)nn(S(=O)c4c(Cl)cccc4Cl)c3c2)cc1. The van der Waals surface area contributed by atoms with Crippen molar-refractivity contribution in [2.45, 2.75) is 24.3 Å². The van der Waals surface area contributed by atoms with Gasteiger partial charge in [-0.05, 0) is 42.8 Å². The standard InChI is InChI=1S/C24H22Cl2F2N6O2S/c1-14-18-11-8-16(12-21(18)34(32-14)37(35)22-19(25)4-3-5-20(22)26)24(27,28)23(31-29)33(30)13-15-6-9-17(36-2)10-7-15/h3-12H,13,29-30H2,1-2H3/b31-23-. The first-order valence-electron chi connectivity index (χ1n) is 10.8. The Bertz CT molecular complexity index is 1490. The van der Waals surface area contributed by atoms with Gasteiger partial charge in [-0.2, -0.15) is 23.1 Å². The molecule has 8 nitrogen and oxygen atoms in total. The van der Waals surface area contributed by atoms with Crippen LogP contribution in [0.1, 0.15) is 16.8 Å². The van der Waals surface area contributed by atoms with Crippen molar-refractivity contribution in [2.75, 3.05) is 7.11 Å². The highest BCUT2D eigenvalue weighted by atomic mass is 35.5. The number of methoxy groups -OCH3 is 1. The Morgan fingerprint density at radius 1 is 1.16 bits per heavy atom. The van der Waals surface area contributed by atoms with Crippen molar-refractivity contribution in [3.63, 3.8) is 0 Å². The van der Waals surface area contributed by atoms with E-state index in [1.54, 1.807) is 37.3 Å². The van der Waals surface area contributed by atoms with Crippen LogP contribution in [-0.2, 0) is 23.5 Å². The monoisotopic (exact) mass is 566 g/mol. The van der Waals surface area contributed by atoms with Gasteiger partial charge < -0.3 is 10.6 Å². The number of fused-ring (bicyclic) bond motifs is 1. The molecule has 0 radical (unpaired) electrons. The number of rotatable bonds is 7. The average Bonchev–Trinajstić information content (AvgIpc) is 3.20. The first kappa shape index (κ1) is 26.8. The Kier molecular flexibility index (Phi) is 7.69. The molecule has 0 bridgehead atoms. The summed E-state index contributed by atoms with van der Waals surface area (Å²) >= 11 is 12.4. The summed E-state index contributed by atoms with van der Waals surface area (Å²) in [6.45, 7) is 1.58. The van der Waals surface area contributed by atoms with Crippen LogP contribution in [0, 0.1) is 6.92 Å². The molecule has 194 valence electrons. The quantitative estimate of drug-likeness (QED) is 0.141. The van der Waals surface area contributed by atoms with Crippen molar-refractivity contribution in [3.8, 4) is 5.75 Å². The van der Waals surface area contributed by atoms with E-state index in [1.807, 2.05) is 0 Å². The topological polar surface area (TPSA) is 112 Å². The fraction of sp³-hybridized carbons (Fsp3) is 0.167. The second-order valence-corrected chi connectivity index (χ2v) is 10.1. The lowest BCUT2D eigenvalue weighted by Crippen LogP contribution is -2.46. The fourth-order valence-electron chi connectivity index (χ4n) is 3.76. The first-order valence-corrected chi connectivity index (χ1v) is 12.6. The highest BCUT2D eigenvalue weighted by molar-refractivity contribution is 7.83. The van der Waals surface area contributed by atoms with Crippen molar-refractivity contribution >= 4 is 50.9 Å². The van der Waals surface area contributed by atoms with Gasteiger partial charge in [-0.3, -0.25) is 5.01 Å². The molecule has 3 aromatic carbocycles. The fourth-order valence-corrected chi connectivity index (χ4v) is 5.73. The van der Waals surface area contributed by atoms with Gasteiger partial charge in [0.15, 0.2) is 11.0 Å². The summed E-state index contributed by atoms with van der Waals surface area (Å²) in [5.41, 5.74) is 0.822. The summed E-state index contributed by atoms with van der Waals surface area (Å²) < 4.78 is 51.0. The zero-order chi connectivity index (χ0) is 26.9. The second kappa shape index (κ2) is 10.6. The number of aromatic nitrogens is 2. The highest BCUT2D eigenvalue weighted by Gasteiger charge is 2.42. The van der Waals surface area contributed by atoms with Crippen LogP contribution in [-0.4, -0.2) is 31.3 Å². The molecule has 4 N–H and O–H groups in total. The number of ether oxygens (including phenoxy) is 1. The van der Waals surface area contributed by atoms with E-state index in [9.17, 15) is 4.21 Å². The lowest BCUT2D eigenvalue weighted by Gasteiger charge is -2.26. The summed E-state index contributed by atoms with van der Waals surface area (Å²) in [5.74, 6) is 7.40. The molecular formula is C24H22Cl2F2N6O2S. The number of nitrogens with zero attached hydrogens (tertiary/aromatic N) is 4. The number of amidine groups is 1. The molecule has 37 heavy (non-hydrogen) atoms.